The molecule has 2 aliphatic rings. The van der Waals surface area contributed by atoms with E-state index in [4.69, 9.17) is 0 Å². The lowest BCUT2D eigenvalue weighted by Gasteiger charge is -2.23. The van der Waals surface area contributed by atoms with E-state index in [2.05, 4.69) is 30.4 Å². The van der Waals surface area contributed by atoms with E-state index in [0.29, 0.717) is 11.4 Å². The van der Waals surface area contributed by atoms with Gasteiger partial charge in [0.1, 0.15) is 6.54 Å². The van der Waals surface area contributed by atoms with Crippen molar-refractivity contribution in [3.05, 3.63) is 76.3 Å². The maximum absolute atomic E-state index is 13.2. The highest BCUT2D eigenvalue weighted by Gasteiger charge is 2.34. The third-order valence-corrected chi connectivity index (χ3v) is 8.44. The maximum Gasteiger partial charge on any atom is 0.293 e. The fourth-order valence-electron chi connectivity index (χ4n) is 5.59. The first-order valence-electron chi connectivity index (χ1n) is 13.7. The zero-order valence-corrected chi connectivity index (χ0v) is 22.8. The van der Waals surface area contributed by atoms with Crippen LogP contribution in [0.1, 0.15) is 62.1 Å². The first-order valence-corrected chi connectivity index (χ1v) is 14.5. The first kappa shape index (κ1) is 26.3. The van der Waals surface area contributed by atoms with E-state index in [1.54, 1.807) is 0 Å². The van der Waals surface area contributed by atoms with Crippen molar-refractivity contribution in [2.75, 3.05) is 6.54 Å². The number of para-hydroxylation sites is 1. The number of carbonyl (C=O) groups excluding carboxylic acids is 3. The number of nitrogens with zero attached hydrogens (tertiary/aromatic N) is 2. The van der Waals surface area contributed by atoms with Gasteiger partial charge in [-0.25, -0.2) is 0 Å². The van der Waals surface area contributed by atoms with Crippen LogP contribution in [-0.4, -0.2) is 39.1 Å². The largest absolute Gasteiger partial charge is 0.352 e. The van der Waals surface area contributed by atoms with Crippen LogP contribution in [0.15, 0.2) is 59.6 Å². The molecule has 2 fully saturated rings. The second kappa shape index (κ2) is 12.0. The summed E-state index contributed by atoms with van der Waals surface area (Å²) in [5.74, 6) is -0.222. The number of fused-ring (bicyclic) bond motifs is 1. The van der Waals surface area contributed by atoms with Crippen LogP contribution in [0.5, 0.6) is 0 Å². The Morgan fingerprint density at radius 3 is 2.61 bits per heavy atom. The number of rotatable bonds is 9. The number of nitrogens with one attached hydrogen (secondary N) is 1. The van der Waals surface area contributed by atoms with Crippen LogP contribution in [0.4, 0.5) is 4.79 Å². The van der Waals surface area contributed by atoms with Gasteiger partial charge in [0, 0.05) is 29.7 Å². The summed E-state index contributed by atoms with van der Waals surface area (Å²) in [6.07, 6.45) is 11.8. The van der Waals surface area contributed by atoms with E-state index >= 15 is 0 Å². The molecule has 38 heavy (non-hydrogen) atoms. The van der Waals surface area contributed by atoms with E-state index in [1.807, 2.05) is 47.2 Å². The highest BCUT2D eigenvalue weighted by atomic mass is 32.2. The van der Waals surface area contributed by atoms with Crippen molar-refractivity contribution in [3.63, 3.8) is 0 Å². The topological polar surface area (TPSA) is 71.4 Å². The molecule has 6 nitrogen and oxygen atoms in total. The molecule has 1 saturated heterocycles. The Hall–Kier alpha value is -3.32. The third-order valence-electron chi connectivity index (χ3n) is 7.53. The highest BCUT2D eigenvalue weighted by Crippen LogP contribution is 2.35. The number of thioether (sulfide) groups is 1. The fraction of sp³-hybridized carbons (Fsp3) is 0.387. The van der Waals surface area contributed by atoms with Crippen LogP contribution >= 0.6 is 11.8 Å². The number of amides is 3. The van der Waals surface area contributed by atoms with Crippen molar-refractivity contribution in [2.45, 2.75) is 70.9 Å². The van der Waals surface area contributed by atoms with Crippen molar-refractivity contribution in [2.24, 2.45) is 0 Å². The molecule has 2 aromatic carbocycles. The number of aromatic nitrogens is 1. The Morgan fingerprint density at radius 1 is 1.05 bits per heavy atom. The zero-order valence-electron chi connectivity index (χ0n) is 21.9. The van der Waals surface area contributed by atoms with E-state index in [-0.39, 0.29) is 29.6 Å². The summed E-state index contributed by atoms with van der Waals surface area (Å²) in [5.41, 5.74) is 4.22. The van der Waals surface area contributed by atoms with Crippen LogP contribution in [0.2, 0.25) is 0 Å². The predicted molar refractivity (Wildman–Crippen MR) is 154 cm³/mol. The summed E-state index contributed by atoms with van der Waals surface area (Å²) in [4.78, 5) is 40.6. The van der Waals surface area contributed by atoms with Gasteiger partial charge in [-0.15, -0.1) is 0 Å². The van der Waals surface area contributed by atoms with Gasteiger partial charge in [-0.05, 0) is 61.1 Å². The number of aryl methyl sites for hydroxylation is 2. The molecule has 7 heteroatoms. The lowest BCUT2D eigenvalue weighted by molar-refractivity contribution is -0.123. The lowest BCUT2D eigenvalue weighted by atomic mass is 9.95. The SMILES string of the molecule is CCc1cccc2c(/C=C3\SC(=O)N(CCCc4ccccc4)C3=O)cn(CC(=O)NC3CCCCC3)c12. The Labute approximate surface area is 228 Å². The first-order chi connectivity index (χ1) is 18.5. The maximum atomic E-state index is 13.2. The van der Waals surface area contributed by atoms with Crippen molar-refractivity contribution >= 4 is 45.8 Å². The Kier molecular flexibility index (Phi) is 8.32. The second-order valence-corrected chi connectivity index (χ2v) is 11.2. The molecular formula is C31H35N3O3S. The predicted octanol–water partition coefficient (Wildman–Crippen LogP) is 6.32. The van der Waals surface area contributed by atoms with Crippen LogP contribution in [0.25, 0.3) is 17.0 Å². The Bertz CT molecular complexity index is 1360. The highest BCUT2D eigenvalue weighted by molar-refractivity contribution is 8.18. The molecule has 3 aromatic rings. The fourth-order valence-corrected chi connectivity index (χ4v) is 6.44. The number of hydrogen-bond donors (Lipinski definition) is 1. The molecule has 5 rings (SSSR count). The minimum absolute atomic E-state index is 0.0185. The zero-order chi connectivity index (χ0) is 26.5. The van der Waals surface area contributed by atoms with E-state index in [9.17, 15) is 14.4 Å². The van der Waals surface area contributed by atoms with Crippen molar-refractivity contribution in [3.8, 4) is 0 Å². The molecule has 1 saturated carbocycles. The number of benzene rings is 2. The molecule has 0 atom stereocenters. The number of hydrogen-bond acceptors (Lipinski definition) is 4. The normalized spacial score (nSPS) is 17.6. The number of imide groups is 1. The Balaban J connectivity index is 1.34. The van der Waals surface area contributed by atoms with E-state index in [0.717, 1.165) is 65.9 Å². The van der Waals surface area contributed by atoms with Crippen LogP contribution < -0.4 is 5.32 Å². The molecule has 0 bridgehead atoms. The lowest BCUT2D eigenvalue weighted by Crippen LogP contribution is -2.38. The van der Waals surface area contributed by atoms with Gasteiger partial charge in [0.05, 0.1) is 10.4 Å². The van der Waals surface area contributed by atoms with Gasteiger partial charge < -0.3 is 9.88 Å². The third kappa shape index (κ3) is 5.88. The van der Waals surface area contributed by atoms with Crippen LogP contribution in [0, 0.1) is 0 Å². The van der Waals surface area contributed by atoms with Crippen LogP contribution in [0.3, 0.4) is 0 Å². The van der Waals surface area contributed by atoms with Gasteiger partial charge in [-0.3, -0.25) is 19.3 Å². The molecule has 1 aliphatic heterocycles. The van der Waals surface area contributed by atoms with E-state index in [1.165, 1.54) is 29.7 Å². The molecule has 0 unspecified atom stereocenters. The average Bonchev–Trinajstić information content (AvgIpc) is 3.41. The molecule has 0 radical (unpaired) electrons. The monoisotopic (exact) mass is 529 g/mol. The molecule has 0 spiro atoms. The van der Waals surface area contributed by atoms with Gasteiger partial charge >= 0.3 is 0 Å². The standard InChI is InChI=1S/C31H35N3O3S/c1-2-23-14-9-17-26-24(20-33(29(23)26)21-28(35)32-25-15-7-4-8-16-25)19-27-30(36)34(31(37)38-27)18-10-13-22-11-5-3-6-12-22/h3,5-6,9,11-12,14,17,19-20,25H,2,4,7-8,10,13,15-16,18,21H2,1H3,(H,32,35)/b27-19-. The molecule has 1 N–H and O–H groups in total. The van der Waals surface area contributed by atoms with Gasteiger partial charge in [0.15, 0.2) is 0 Å². The number of carbonyl (C=O) groups is 3. The van der Waals surface area contributed by atoms with Gasteiger partial charge in [-0.1, -0.05) is 74.7 Å². The van der Waals surface area contributed by atoms with Gasteiger partial charge in [-0.2, -0.15) is 0 Å². The Morgan fingerprint density at radius 2 is 1.84 bits per heavy atom. The molecule has 3 amide bonds. The summed E-state index contributed by atoms with van der Waals surface area (Å²) in [7, 11) is 0. The smallest absolute Gasteiger partial charge is 0.293 e. The second-order valence-electron chi connectivity index (χ2n) is 10.2. The van der Waals surface area contributed by atoms with Crippen LogP contribution in [-0.2, 0) is 29.0 Å². The summed E-state index contributed by atoms with van der Waals surface area (Å²) >= 11 is 0.998. The molecule has 1 aliphatic carbocycles. The minimum Gasteiger partial charge on any atom is -0.352 e. The van der Waals surface area contributed by atoms with Gasteiger partial charge in [0.2, 0.25) is 5.91 Å². The van der Waals surface area contributed by atoms with Crippen molar-refractivity contribution < 1.29 is 14.4 Å². The molecule has 2 heterocycles. The van der Waals surface area contributed by atoms with Gasteiger partial charge in [0.25, 0.3) is 11.1 Å². The average molecular weight is 530 g/mol. The summed E-state index contributed by atoms with van der Waals surface area (Å²) < 4.78 is 2.00. The molecule has 198 valence electrons. The summed E-state index contributed by atoms with van der Waals surface area (Å²) in [5, 5.41) is 3.99. The van der Waals surface area contributed by atoms with Crippen molar-refractivity contribution in [1.29, 1.82) is 0 Å². The summed E-state index contributed by atoms with van der Waals surface area (Å²) in [6.45, 7) is 2.74. The van der Waals surface area contributed by atoms with E-state index < -0.39 is 0 Å². The summed E-state index contributed by atoms with van der Waals surface area (Å²) in [6, 6.07) is 16.5. The van der Waals surface area contributed by atoms with Crippen molar-refractivity contribution in [1.82, 2.24) is 14.8 Å². The molecule has 1 aromatic heterocycles. The quantitative estimate of drug-likeness (QED) is 0.329. The minimum atomic E-state index is -0.240. The molecular weight excluding hydrogens is 494 g/mol.